The van der Waals surface area contributed by atoms with Gasteiger partial charge in [0, 0.05) is 26.2 Å². The third-order valence-electron chi connectivity index (χ3n) is 4.18. The summed E-state index contributed by atoms with van der Waals surface area (Å²) >= 11 is 0. The van der Waals surface area contributed by atoms with Gasteiger partial charge < -0.3 is 14.4 Å². The van der Waals surface area contributed by atoms with Crippen LogP contribution in [0.25, 0.3) is 11.0 Å². The van der Waals surface area contributed by atoms with Crippen molar-refractivity contribution in [2.75, 3.05) is 32.8 Å². The molecule has 0 aliphatic carbocycles. The fourth-order valence-electron chi connectivity index (χ4n) is 2.88. The molecule has 1 aliphatic rings. The van der Waals surface area contributed by atoms with Crippen LogP contribution in [-0.2, 0) is 24.3 Å². The Morgan fingerprint density at radius 3 is 2.76 bits per heavy atom. The van der Waals surface area contributed by atoms with E-state index < -0.39 is 0 Å². The SMILES string of the molecule is CCc1ccc2c(c1)nc(CO)n2CCN1CCOCC1. The normalized spacial score (nSPS) is 16.7. The number of hydrogen-bond donors (Lipinski definition) is 1. The second-order valence-corrected chi connectivity index (χ2v) is 5.47. The fourth-order valence-corrected chi connectivity index (χ4v) is 2.88. The molecular weight excluding hydrogens is 266 g/mol. The van der Waals surface area contributed by atoms with Gasteiger partial charge in [-0.3, -0.25) is 4.90 Å². The van der Waals surface area contributed by atoms with Gasteiger partial charge in [0.25, 0.3) is 0 Å². The molecule has 0 amide bonds. The minimum Gasteiger partial charge on any atom is -0.388 e. The Hall–Kier alpha value is -1.43. The molecule has 2 heterocycles. The zero-order valence-corrected chi connectivity index (χ0v) is 12.6. The van der Waals surface area contributed by atoms with Crippen molar-refractivity contribution in [2.45, 2.75) is 26.5 Å². The van der Waals surface area contributed by atoms with E-state index in [-0.39, 0.29) is 6.61 Å². The maximum absolute atomic E-state index is 9.57. The first-order chi connectivity index (χ1) is 10.3. The average Bonchev–Trinajstić information content (AvgIpc) is 2.90. The number of aryl methyl sites for hydroxylation is 1. The van der Waals surface area contributed by atoms with Crippen LogP contribution in [0.4, 0.5) is 0 Å². The number of rotatable bonds is 5. The van der Waals surface area contributed by atoms with E-state index in [1.54, 1.807) is 0 Å². The van der Waals surface area contributed by atoms with E-state index >= 15 is 0 Å². The molecule has 114 valence electrons. The molecule has 2 aromatic rings. The van der Waals surface area contributed by atoms with Gasteiger partial charge >= 0.3 is 0 Å². The van der Waals surface area contributed by atoms with Crippen LogP contribution in [0.15, 0.2) is 18.2 Å². The summed E-state index contributed by atoms with van der Waals surface area (Å²) in [5.74, 6) is 0.756. The highest BCUT2D eigenvalue weighted by Gasteiger charge is 2.14. The first-order valence-corrected chi connectivity index (χ1v) is 7.71. The Morgan fingerprint density at radius 1 is 1.24 bits per heavy atom. The molecule has 5 heteroatoms. The predicted molar refractivity (Wildman–Crippen MR) is 82.3 cm³/mol. The Bertz CT molecular complexity index is 603. The minimum absolute atomic E-state index is 0.0146. The first kappa shape index (κ1) is 14.5. The smallest absolute Gasteiger partial charge is 0.135 e. The van der Waals surface area contributed by atoms with Gasteiger partial charge in [-0.05, 0) is 24.1 Å². The Morgan fingerprint density at radius 2 is 2.05 bits per heavy atom. The molecule has 1 fully saturated rings. The number of hydrogen-bond acceptors (Lipinski definition) is 4. The van der Waals surface area contributed by atoms with Crippen LogP contribution in [0, 0.1) is 0 Å². The lowest BCUT2D eigenvalue weighted by molar-refractivity contribution is 0.0363. The van der Waals surface area contributed by atoms with Crippen LogP contribution in [0.3, 0.4) is 0 Å². The highest BCUT2D eigenvalue weighted by molar-refractivity contribution is 5.77. The quantitative estimate of drug-likeness (QED) is 0.904. The van der Waals surface area contributed by atoms with Gasteiger partial charge in [-0.2, -0.15) is 0 Å². The molecule has 0 atom stereocenters. The summed E-state index contributed by atoms with van der Waals surface area (Å²) in [5, 5.41) is 9.57. The van der Waals surface area contributed by atoms with Crippen LogP contribution in [0.2, 0.25) is 0 Å². The van der Waals surface area contributed by atoms with Crippen molar-refractivity contribution in [1.29, 1.82) is 0 Å². The molecule has 0 saturated carbocycles. The van der Waals surface area contributed by atoms with Gasteiger partial charge in [-0.15, -0.1) is 0 Å². The second kappa shape index (κ2) is 6.56. The molecule has 5 nitrogen and oxygen atoms in total. The molecule has 21 heavy (non-hydrogen) atoms. The van der Waals surface area contributed by atoms with Crippen molar-refractivity contribution >= 4 is 11.0 Å². The topological polar surface area (TPSA) is 50.5 Å². The monoisotopic (exact) mass is 289 g/mol. The van der Waals surface area contributed by atoms with E-state index in [1.807, 2.05) is 0 Å². The van der Waals surface area contributed by atoms with Gasteiger partial charge in [0.05, 0.1) is 24.2 Å². The van der Waals surface area contributed by atoms with E-state index in [1.165, 1.54) is 5.56 Å². The maximum Gasteiger partial charge on any atom is 0.135 e. The number of morpholine rings is 1. The molecule has 0 bridgehead atoms. The molecule has 3 rings (SSSR count). The first-order valence-electron chi connectivity index (χ1n) is 7.71. The van der Waals surface area contributed by atoms with E-state index in [2.05, 4.69) is 39.6 Å². The summed E-state index contributed by atoms with van der Waals surface area (Å²) in [7, 11) is 0. The van der Waals surface area contributed by atoms with Crippen molar-refractivity contribution in [3.8, 4) is 0 Å². The number of imidazole rings is 1. The van der Waals surface area contributed by atoms with E-state index in [0.29, 0.717) is 0 Å². The van der Waals surface area contributed by atoms with Gasteiger partial charge in [0.2, 0.25) is 0 Å². The van der Waals surface area contributed by atoms with Crippen molar-refractivity contribution in [3.63, 3.8) is 0 Å². The number of nitrogens with zero attached hydrogens (tertiary/aromatic N) is 3. The third-order valence-corrected chi connectivity index (χ3v) is 4.18. The Balaban J connectivity index is 1.82. The van der Waals surface area contributed by atoms with Crippen LogP contribution in [0.5, 0.6) is 0 Å². The van der Waals surface area contributed by atoms with Gasteiger partial charge in [-0.25, -0.2) is 4.98 Å². The summed E-state index contributed by atoms with van der Waals surface area (Å²) in [6, 6.07) is 6.40. The van der Waals surface area contributed by atoms with Crippen molar-refractivity contribution in [1.82, 2.24) is 14.5 Å². The van der Waals surface area contributed by atoms with Crippen LogP contribution >= 0.6 is 0 Å². The molecule has 1 saturated heterocycles. The lowest BCUT2D eigenvalue weighted by Gasteiger charge is -2.26. The average molecular weight is 289 g/mol. The summed E-state index contributed by atoms with van der Waals surface area (Å²) in [5.41, 5.74) is 3.38. The van der Waals surface area contributed by atoms with Crippen LogP contribution < -0.4 is 0 Å². The zero-order chi connectivity index (χ0) is 14.7. The van der Waals surface area contributed by atoms with Gasteiger partial charge in [-0.1, -0.05) is 13.0 Å². The summed E-state index contributed by atoms with van der Waals surface area (Å²) in [6.07, 6.45) is 1.00. The lowest BCUT2D eigenvalue weighted by atomic mass is 10.1. The van der Waals surface area contributed by atoms with Gasteiger partial charge in [0.1, 0.15) is 12.4 Å². The number of fused-ring (bicyclic) bond motifs is 1. The van der Waals surface area contributed by atoms with Gasteiger partial charge in [0.15, 0.2) is 0 Å². The third kappa shape index (κ3) is 3.10. The second-order valence-electron chi connectivity index (χ2n) is 5.47. The molecular formula is C16H23N3O2. The van der Waals surface area contributed by atoms with Crippen molar-refractivity contribution in [3.05, 3.63) is 29.6 Å². The number of benzene rings is 1. The lowest BCUT2D eigenvalue weighted by Crippen LogP contribution is -2.38. The summed E-state index contributed by atoms with van der Waals surface area (Å²) in [6.45, 7) is 7.56. The fraction of sp³-hybridized carbons (Fsp3) is 0.562. The summed E-state index contributed by atoms with van der Waals surface area (Å²) in [4.78, 5) is 6.97. The molecule has 0 spiro atoms. The number of aliphatic hydroxyl groups excluding tert-OH is 1. The number of aliphatic hydroxyl groups is 1. The Kier molecular flexibility index (Phi) is 4.53. The summed E-state index contributed by atoms with van der Waals surface area (Å²) < 4.78 is 7.52. The largest absolute Gasteiger partial charge is 0.388 e. The highest BCUT2D eigenvalue weighted by Crippen LogP contribution is 2.19. The zero-order valence-electron chi connectivity index (χ0n) is 12.6. The highest BCUT2D eigenvalue weighted by atomic mass is 16.5. The minimum atomic E-state index is -0.0146. The van der Waals surface area contributed by atoms with E-state index in [0.717, 1.165) is 62.7 Å². The molecule has 1 aromatic heterocycles. The maximum atomic E-state index is 9.57. The van der Waals surface area contributed by atoms with Crippen molar-refractivity contribution in [2.24, 2.45) is 0 Å². The molecule has 1 aromatic carbocycles. The molecule has 1 N–H and O–H groups in total. The molecule has 1 aliphatic heterocycles. The van der Waals surface area contributed by atoms with E-state index in [4.69, 9.17) is 4.74 Å². The van der Waals surface area contributed by atoms with Crippen LogP contribution in [0.1, 0.15) is 18.3 Å². The predicted octanol–water partition coefficient (Wildman–Crippen LogP) is 1.42. The number of ether oxygens (including phenoxy) is 1. The van der Waals surface area contributed by atoms with Crippen molar-refractivity contribution < 1.29 is 9.84 Å². The van der Waals surface area contributed by atoms with E-state index in [9.17, 15) is 5.11 Å². The Labute approximate surface area is 125 Å². The molecule has 0 unspecified atom stereocenters. The number of aromatic nitrogens is 2. The molecule has 0 radical (unpaired) electrons. The standard InChI is InChI=1S/C16H23N3O2/c1-2-13-3-4-15-14(11-13)17-16(12-20)19(15)6-5-18-7-9-21-10-8-18/h3-4,11,20H,2,5-10,12H2,1H3. The van der Waals surface area contributed by atoms with Crippen LogP contribution in [-0.4, -0.2) is 52.4 Å².